The van der Waals surface area contributed by atoms with E-state index in [0.717, 1.165) is 31.9 Å². The Morgan fingerprint density at radius 2 is 1.94 bits per heavy atom. The predicted octanol–water partition coefficient (Wildman–Crippen LogP) is 4.14. The van der Waals surface area contributed by atoms with E-state index in [9.17, 15) is 14.3 Å². The third kappa shape index (κ3) is 4.05. The number of ether oxygens (including phenoxy) is 1. The van der Waals surface area contributed by atoms with Gasteiger partial charge in [0.1, 0.15) is 17.1 Å². The molecular weight excluding hydrogens is 411 g/mol. The molecule has 7 nitrogen and oxygen atoms in total. The van der Waals surface area contributed by atoms with Gasteiger partial charge < -0.3 is 25.0 Å². The van der Waals surface area contributed by atoms with E-state index in [1.807, 2.05) is 19.1 Å². The lowest BCUT2D eigenvalue weighted by Crippen LogP contribution is -2.44. The van der Waals surface area contributed by atoms with Crippen LogP contribution in [-0.4, -0.2) is 61.3 Å². The number of piperazine rings is 1. The second-order valence-electron chi connectivity index (χ2n) is 7.90. The Morgan fingerprint density at radius 1 is 1.22 bits per heavy atom. The Labute approximate surface area is 186 Å². The topological polar surface area (TPSA) is 77.9 Å². The fraction of sp³-hybridized carbons (Fsp3) is 0.333. The number of benzene rings is 2. The molecule has 2 heterocycles. The quantitative estimate of drug-likeness (QED) is 0.599. The number of anilines is 3. The van der Waals surface area contributed by atoms with E-state index < -0.39 is 11.8 Å². The van der Waals surface area contributed by atoms with Crippen LogP contribution in [0, 0.1) is 5.82 Å². The Balaban J connectivity index is 1.96. The molecular formula is C24H27FN4O3. The number of nitrogens with zero attached hydrogens (tertiary/aromatic N) is 3. The highest BCUT2D eigenvalue weighted by atomic mass is 19.1. The largest absolute Gasteiger partial charge is 0.495 e. The molecule has 4 rings (SSSR count). The maximum absolute atomic E-state index is 14.5. The number of carboxylic acids is 1. The van der Waals surface area contributed by atoms with Crippen molar-refractivity contribution in [1.29, 1.82) is 0 Å². The van der Waals surface area contributed by atoms with Gasteiger partial charge in [-0.1, -0.05) is 19.1 Å². The molecule has 1 saturated heterocycles. The maximum atomic E-state index is 14.5. The summed E-state index contributed by atoms with van der Waals surface area (Å²) in [6, 6.07) is 9.96. The van der Waals surface area contributed by atoms with Gasteiger partial charge in [0.05, 0.1) is 35.4 Å². The summed E-state index contributed by atoms with van der Waals surface area (Å²) >= 11 is 0. The van der Waals surface area contributed by atoms with Crippen LogP contribution in [0.2, 0.25) is 0 Å². The lowest BCUT2D eigenvalue weighted by molar-refractivity contribution is 0.0696. The van der Waals surface area contributed by atoms with Crippen molar-refractivity contribution >= 4 is 33.9 Å². The van der Waals surface area contributed by atoms with Gasteiger partial charge in [0.15, 0.2) is 0 Å². The Hall–Kier alpha value is -3.39. The van der Waals surface area contributed by atoms with E-state index in [4.69, 9.17) is 4.74 Å². The molecule has 32 heavy (non-hydrogen) atoms. The number of carboxylic acid groups (broad SMARTS) is 1. The van der Waals surface area contributed by atoms with Crippen LogP contribution in [0.25, 0.3) is 10.9 Å². The summed E-state index contributed by atoms with van der Waals surface area (Å²) < 4.78 is 20.1. The van der Waals surface area contributed by atoms with Gasteiger partial charge in [0, 0.05) is 37.6 Å². The number of aromatic nitrogens is 1. The first-order chi connectivity index (χ1) is 15.4. The minimum absolute atomic E-state index is 0.0535. The highest BCUT2D eigenvalue weighted by Crippen LogP contribution is 2.39. The molecule has 8 heteroatoms. The average Bonchev–Trinajstić information content (AvgIpc) is 2.79. The van der Waals surface area contributed by atoms with E-state index in [1.165, 1.54) is 6.07 Å². The molecule has 0 unspecified atom stereocenters. The third-order valence-corrected chi connectivity index (χ3v) is 5.89. The summed E-state index contributed by atoms with van der Waals surface area (Å²) in [7, 11) is 3.70. The van der Waals surface area contributed by atoms with Crippen molar-refractivity contribution in [2.45, 2.75) is 13.3 Å². The summed E-state index contributed by atoms with van der Waals surface area (Å²) in [5.41, 5.74) is 2.49. The van der Waals surface area contributed by atoms with Crippen LogP contribution in [0.3, 0.4) is 0 Å². The van der Waals surface area contributed by atoms with Crippen molar-refractivity contribution in [2.75, 3.05) is 50.6 Å². The zero-order chi connectivity index (χ0) is 22.8. The average molecular weight is 439 g/mol. The Morgan fingerprint density at radius 3 is 2.56 bits per heavy atom. The summed E-state index contributed by atoms with van der Waals surface area (Å²) in [4.78, 5) is 21.4. The number of nitrogens with one attached hydrogen (secondary N) is 1. The van der Waals surface area contributed by atoms with E-state index in [1.54, 1.807) is 25.3 Å². The first kappa shape index (κ1) is 21.8. The smallest absolute Gasteiger partial charge is 0.339 e. The molecule has 1 aromatic heterocycles. The van der Waals surface area contributed by atoms with Gasteiger partial charge in [0.25, 0.3) is 0 Å². The molecule has 0 spiro atoms. The lowest BCUT2D eigenvalue weighted by Gasteiger charge is -2.35. The number of methoxy groups -OCH3 is 1. The van der Waals surface area contributed by atoms with Gasteiger partial charge in [-0.2, -0.15) is 0 Å². The third-order valence-electron chi connectivity index (χ3n) is 5.89. The van der Waals surface area contributed by atoms with Crippen LogP contribution in [0.5, 0.6) is 5.75 Å². The zero-order valence-electron chi connectivity index (χ0n) is 18.5. The Kier molecular flexibility index (Phi) is 6.14. The van der Waals surface area contributed by atoms with Crippen molar-refractivity contribution in [2.24, 2.45) is 0 Å². The molecule has 1 aliphatic heterocycles. The number of aromatic carboxylic acids is 1. The molecule has 2 aromatic carbocycles. The highest BCUT2D eigenvalue weighted by molar-refractivity contribution is 6.08. The van der Waals surface area contributed by atoms with Crippen molar-refractivity contribution < 1.29 is 19.0 Å². The molecule has 0 amide bonds. The Bertz CT molecular complexity index is 1160. The minimum atomic E-state index is -1.10. The fourth-order valence-corrected chi connectivity index (χ4v) is 4.10. The van der Waals surface area contributed by atoms with E-state index in [-0.39, 0.29) is 11.3 Å². The first-order valence-electron chi connectivity index (χ1n) is 10.7. The molecule has 168 valence electrons. The summed E-state index contributed by atoms with van der Waals surface area (Å²) in [5.74, 6) is -0.886. The predicted molar refractivity (Wildman–Crippen MR) is 124 cm³/mol. The molecule has 0 saturated carbocycles. The van der Waals surface area contributed by atoms with Gasteiger partial charge in [0.2, 0.25) is 0 Å². The van der Waals surface area contributed by atoms with Gasteiger partial charge >= 0.3 is 5.97 Å². The van der Waals surface area contributed by atoms with Crippen LogP contribution >= 0.6 is 0 Å². The molecule has 1 fully saturated rings. The van der Waals surface area contributed by atoms with Crippen molar-refractivity contribution in [3.63, 3.8) is 0 Å². The number of para-hydroxylation sites is 1. The summed E-state index contributed by atoms with van der Waals surface area (Å²) in [6.07, 6.45) is 0.423. The molecule has 0 bridgehead atoms. The monoisotopic (exact) mass is 438 g/mol. The van der Waals surface area contributed by atoms with Crippen LogP contribution in [-0.2, 0) is 6.42 Å². The van der Waals surface area contributed by atoms with Crippen LogP contribution in [0.4, 0.5) is 21.5 Å². The molecule has 1 aliphatic rings. The van der Waals surface area contributed by atoms with Crippen LogP contribution in [0.15, 0.2) is 36.4 Å². The normalized spacial score (nSPS) is 14.6. The first-order valence-corrected chi connectivity index (χ1v) is 10.7. The highest BCUT2D eigenvalue weighted by Gasteiger charge is 2.24. The molecule has 3 aromatic rings. The number of hydrogen-bond acceptors (Lipinski definition) is 6. The van der Waals surface area contributed by atoms with E-state index in [0.29, 0.717) is 34.5 Å². The fourth-order valence-electron chi connectivity index (χ4n) is 4.10. The van der Waals surface area contributed by atoms with E-state index >= 15 is 0 Å². The summed E-state index contributed by atoms with van der Waals surface area (Å²) in [5, 5.41) is 13.7. The minimum Gasteiger partial charge on any atom is -0.495 e. The van der Waals surface area contributed by atoms with Gasteiger partial charge in [-0.25, -0.2) is 9.18 Å². The van der Waals surface area contributed by atoms with Gasteiger partial charge in [-0.3, -0.25) is 4.98 Å². The maximum Gasteiger partial charge on any atom is 0.339 e. The van der Waals surface area contributed by atoms with Crippen LogP contribution < -0.4 is 15.0 Å². The standard InChI is InChI=1S/C24H27FN4O3/c1-4-17-22(24(30)31)23(27-18-8-6-5-7-16(18)25)15-13-20(21(32-3)14-19(15)26-17)29-11-9-28(2)10-12-29/h5-8,13-14H,4,9-12H2,1-3H3,(H,26,27)(H,30,31). The van der Waals surface area contributed by atoms with E-state index in [2.05, 4.69) is 27.1 Å². The number of halogens is 1. The van der Waals surface area contributed by atoms with Crippen molar-refractivity contribution in [3.05, 3.63) is 53.5 Å². The second-order valence-corrected chi connectivity index (χ2v) is 7.90. The number of likely N-dealkylation sites (N-methyl/N-ethyl adjacent to an activating group) is 1. The number of pyridine rings is 1. The lowest BCUT2D eigenvalue weighted by atomic mass is 10.0. The molecule has 0 radical (unpaired) electrons. The summed E-state index contributed by atoms with van der Waals surface area (Å²) in [6.45, 7) is 5.31. The SMILES string of the molecule is CCc1nc2cc(OC)c(N3CCN(C)CC3)cc2c(Nc2ccccc2F)c1C(=O)O. The zero-order valence-corrected chi connectivity index (χ0v) is 18.5. The van der Waals surface area contributed by atoms with Crippen molar-refractivity contribution in [1.82, 2.24) is 9.88 Å². The van der Waals surface area contributed by atoms with Crippen molar-refractivity contribution in [3.8, 4) is 5.75 Å². The van der Waals surface area contributed by atoms with Crippen LogP contribution in [0.1, 0.15) is 23.0 Å². The van der Waals surface area contributed by atoms with Gasteiger partial charge in [-0.05, 0) is 31.7 Å². The molecule has 0 aliphatic carbocycles. The molecule has 2 N–H and O–H groups in total. The van der Waals surface area contributed by atoms with Gasteiger partial charge in [-0.15, -0.1) is 0 Å². The number of rotatable bonds is 6. The number of fused-ring (bicyclic) bond motifs is 1. The number of aryl methyl sites for hydroxylation is 1. The molecule has 0 atom stereocenters. The second kappa shape index (κ2) is 9.00. The number of carbonyl (C=O) groups is 1. The number of hydrogen-bond donors (Lipinski definition) is 2.